The van der Waals surface area contributed by atoms with Crippen molar-refractivity contribution in [2.75, 3.05) is 45.8 Å². The standard InChI is InChI=1S/C22H25N5O6S2/c1-27(11-13-31-2)35(29,30)17-7-5-15(6-8-17)19(26-33-16-9-12-32-14-16)20(28)25-22-24-18-4-3-10-23-21(18)34-22/h3-8,10,16H,9,11-14H2,1-2H3,(H,24,25,28)/b26-19+/t16-/m1/s1. The molecule has 1 aromatic carbocycles. The van der Waals surface area contributed by atoms with Crippen LogP contribution in [0.2, 0.25) is 0 Å². The second kappa shape index (κ2) is 11.2. The molecule has 1 atom stereocenters. The van der Waals surface area contributed by atoms with Gasteiger partial charge < -0.3 is 14.3 Å². The molecule has 1 saturated heterocycles. The maximum atomic E-state index is 13.2. The summed E-state index contributed by atoms with van der Waals surface area (Å²) in [4.78, 5) is 28.1. The van der Waals surface area contributed by atoms with E-state index in [1.165, 1.54) is 54.1 Å². The highest BCUT2D eigenvalue weighted by Crippen LogP contribution is 2.24. The SMILES string of the molecule is COCCN(C)S(=O)(=O)c1ccc(/C(=N\O[C@@H]2CCOC2)C(=O)Nc2nc3cccnc3s2)cc1. The Hall–Kier alpha value is -2.97. The fourth-order valence-electron chi connectivity index (χ4n) is 3.23. The number of benzene rings is 1. The molecular formula is C22H25N5O6S2. The molecule has 0 radical (unpaired) electrons. The summed E-state index contributed by atoms with van der Waals surface area (Å²) in [5.74, 6) is -0.546. The maximum Gasteiger partial charge on any atom is 0.280 e. The minimum Gasteiger partial charge on any atom is -0.389 e. The first-order valence-electron chi connectivity index (χ1n) is 10.8. The maximum absolute atomic E-state index is 13.2. The van der Waals surface area contributed by atoms with Crippen LogP contribution >= 0.6 is 11.3 Å². The number of nitrogens with zero attached hydrogens (tertiary/aromatic N) is 4. The predicted octanol–water partition coefficient (Wildman–Crippen LogP) is 2.11. The number of carbonyl (C=O) groups excluding carboxylic acids is 1. The number of hydrogen-bond acceptors (Lipinski definition) is 10. The van der Waals surface area contributed by atoms with Crippen molar-refractivity contribution < 1.29 is 27.5 Å². The summed E-state index contributed by atoms with van der Waals surface area (Å²) >= 11 is 1.23. The van der Waals surface area contributed by atoms with E-state index in [9.17, 15) is 13.2 Å². The second-order valence-electron chi connectivity index (χ2n) is 7.68. The Morgan fingerprint density at radius 2 is 2.11 bits per heavy atom. The fourth-order valence-corrected chi connectivity index (χ4v) is 5.19. The molecule has 1 amide bonds. The highest BCUT2D eigenvalue weighted by Gasteiger charge is 2.24. The van der Waals surface area contributed by atoms with Crippen LogP contribution in [0.25, 0.3) is 10.3 Å². The van der Waals surface area contributed by atoms with E-state index in [2.05, 4.69) is 20.4 Å². The number of nitrogens with one attached hydrogen (secondary N) is 1. The van der Waals surface area contributed by atoms with Crippen LogP contribution in [0.3, 0.4) is 0 Å². The number of methoxy groups -OCH3 is 1. The summed E-state index contributed by atoms with van der Waals surface area (Å²) < 4.78 is 37.0. The first kappa shape index (κ1) is 25.1. The van der Waals surface area contributed by atoms with Crippen LogP contribution in [-0.4, -0.2) is 80.9 Å². The van der Waals surface area contributed by atoms with Crippen molar-refractivity contribution in [2.45, 2.75) is 17.4 Å². The Kier molecular flexibility index (Phi) is 8.03. The van der Waals surface area contributed by atoms with Crippen LogP contribution in [0.4, 0.5) is 5.13 Å². The smallest absolute Gasteiger partial charge is 0.280 e. The fraction of sp³-hybridized carbons (Fsp3) is 0.364. The van der Waals surface area contributed by atoms with Gasteiger partial charge in [0.1, 0.15) is 10.3 Å². The molecule has 0 aliphatic carbocycles. The normalized spacial score (nSPS) is 16.7. The van der Waals surface area contributed by atoms with E-state index in [0.717, 1.165) is 0 Å². The van der Waals surface area contributed by atoms with E-state index < -0.39 is 15.9 Å². The number of hydrogen-bond donors (Lipinski definition) is 1. The monoisotopic (exact) mass is 519 g/mol. The lowest BCUT2D eigenvalue weighted by Gasteiger charge is -2.17. The highest BCUT2D eigenvalue weighted by atomic mass is 32.2. The quantitative estimate of drug-likeness (QED) is 0.318. The lowest BCUT2D eigenvalue weighted by molar-refractivity contribution is -0.110. The second-order valence-corrected chi connectivity index (χ2v) is 10.7. The molecule has 11 nitrogen and oxygen atoms in total. The molecular weight excluding hydrogens is 494 g/mol. The van der Waals surface area contributed by atoms with Gasteiger partial charge in [-0.1, -0.05) is 28.6 Å². The van der Waals surface area contributed by atoms with Gasteiger partial charge in [0.25, 0.3) is 5.91 Å². The molecule has 0 bridgehead atoms. The van der Waals surface area contributed by atoms with Gasteiger partial charge in [0.2, 0.25) is 10.0 Å². The molecule has 1 aliphatic rings. The molecule has 0 saturated carbocycles. The van der Waals surface area contributed by atoms with Crippen molar-refractivity contribution in [3.8, 4) is 0 Å². The van der Waals surface area contributed by atoms with Crippen molar-refractivity contribution in [3.63, 3.8) is 0 Å². The summed E-state index contributed by atoms with van der Waals surface area (Å²) in [6, 6.07) is 9.46. The molecule has 2 aromatic heterocycles. The van der Waals surface area contributed by atoms with Gasteiger partial charge in [-0.25, -0.2) is 18.4 Å². The molecule has 1 N–H and O–H groups in total. The van der Waals surface area contributed by atoms with Crippen molar-refractivity contribution in [1.29, 1.82) is 0 Å². The zero-order valence-electron chi connectivity index (χ0n) is 19.2. The van der Waals surface area contributed by atoms with Gasteiger partial charge in [-0.15, -0.1) is 0 Å². The van der Waals surface area contributed by atoms with Gasteiger partial charge in [-0.05, 0) is 24.3 Å². The summed E-state index contributed by atoms with van der Waals surface area (Å²) in [6.45, 7) is 1.43. The number of sulfonamides is 1. The number of ether oxygens (including phenoxy) is 2. The zero-order chi connectivity index (χ0) is 24.8. The van der Waals surface area contributed by atoms with Gasteiger partial charge in [0.15, 0.2) is 16.9 Å². The minimum absolute atomic E-state index is 0.0131. The molecule has 0 spiro atoms. The Balaban J connectivity index is 1.58. The van der Waals surface area contributed by atoms with Crippen LogP contribution in [0, 0.1) is 0 Å². The molecule has 1 fully saturated rings. The van der Waals surface area contributed by atoms with Crippen molar-refractivity contribution in [1.82, 2.24) is 14.3 Å². The van der Waals surface area contributed by atoms with E-state index >= 15 is 0 Å². The summed E-state index contributed by atoms with van der Waals surface area (Å²) in [6.07, 6.45) is 2.05. The van der Waals surface area contributed by atoms with Gasteiger partial charge in [-0.3, -0.25) is 10.1 Å². The zero-order valence-corrected chi connectivity index (χ0v) is 20.8. The van der Waals surface area contributed by atoms with Gasteiger partial charge in [0.05, 0.1) is 24.7 Å². The number of oxime groups is 1. The van der Waals surface area contributed by atoms with E-state index in [0.29, 0.717) is 40.7 Å². The molecule has 3 aromatic rings. The van der Waals surface area contributed by atoms with Crippen LogP contribution in [0.5, 0.6) is 0 Å². The van der Waals surface area contributed by atoms with E-state index in [1.54, 1.807) is 18.3 Å². The van der Waals surface area contributed by atoms with Gasteiger partial charge in [-0.2, -0.15) is 4.31 Å². The Morgan fingerprint density at radius 1 is 1.31 bits per heavy atom. The van der Waals surface area contributed by atoms with Crippen molar-refractivity contribution in [2.24, 2.45) is 5.16 Å². The van der Waals surface area contributed by atoms with E-state index in [1.807, 2.05) is 0 Å². The first-order valence-corrected chi connectivity index (χ1v) is 13.0. The first-order chi connectivity index (χ1) is 16.9. The molecule has 13 heteroatoms. The average Bonchev–Trinajstić information content (AvgIpc) is 3.52. The number of anilines is 1. The summed E-state index contributed by atoms with van der Waals surface area (Å²) in [5, 5.41) is 7.20. The van der Waals surface area contributed by atoms with Crippen LogP contribution in [-0.2, 0) is 29.1 Å². The lowest BCUT2D eigenvalue weighted by atomic mass is 10.1. The molecule has 0 unspecified atom stereocenters. The third-order valence-corrected chi connectivity index (χ3v) is 7.99. The number of pyridine rings is 1. The topological polar surface area (TPSA) is 132 Å². The third kappa shape index (κ3) is 6.00. The number of thiazole rings is 1. The van der Waals surface area contributed by atoms with Crippen LogP contribution in [0.1, 0.15) is 12.0 Å². The lowest BCUT2D eigenvalue weighted by Crippen LogP contribution is -2.30. The summed E-state index contributed by atoms with van der Waals surface area (Å²) in [5.41, 5.74) is 1.04. The number of amides is 1. The number of fused-ring (bicyclic) bond motifs is 1. The van der Waals surface area contributed by atoms with Gasteiger partial charge in [0, 0.05) is 38.9 Å². The molecule has 1 aliphatic heterocycles. The molecule has 4 rings (SSSR count). The average molecular weight is 520 g/mol. The minimum atomic E-state index is -3.71. The number of aromatic nitrogens is 2. The largest absolute Gasteiger partial charge is 0.389 e. The Bertz CT molecular complexity index is 1270. The van der Waals surface area contributed by atoms with Crippen LogP contribution < -0.4 is 5.32 Å². The molecule has 3 heterocycles. The number of rotatable bonds is 10. The van der Waals surface area contributed by atoms with Gasteiger partial charge >= 0.3 is 0 Å². The van der Waals surface area contributed by atoms with Crippen LogP contribution in [0.15, 0.2) is 52.6 Å². The Morgan fingerprint density at radius 3 is 2.80 bits per heavy atom. The molecule has 35 heavy (non-hydrogen) atoms. The summed E-state index contributed by atoms with van der Waals surface area (Å²) in [7, 11) is -0.728. The molecule has 186 valence electrons. The third-order valence-electron chi connectivity index (χ3n) is 5.23. The van der Waals surface area contributed by atoms with Crippen molar-refractivity contribution in [3.05, 3.63) is 48.2 Å². The van der Waals surface area contributed by atoms with E-state index in [4.69, 9.17) is 14.3 Å². The number of carbonyl (C=O) groups is 1. The highest BCUT2D eigenvalue weighted by molar-refractivity contribution is 7.89. The Labute approximate surface area is 206 Å². The predicted molar refractivity (Wildman–Crippen MR) is 131 cm³/mol. The van der Waals surface area contributed by atoms with Crippen molar-refractivity contribution >= 4 is 48.5 Å². The number of likely N-dealkylation sites (N-methyl/N-ethyl adjacent to an activating group) is 1. The van der Waals surface area contributed by atoms with E-state index in [-0.39, 0.29) is 29.9 Å².